The summed E-state index contributed by atoms with van der Waals surface area (Å²) in [7, 11) is 0. The highest BCUT2D eigenvalue weighted by Gasteiger charge is 2.21. The van der Waals surface area contributed by atoms with Crippen molar-refractivity contribution in [3.63, 3.8) is 0 Å². The summed E-state index contributed by atoms with van der Waals surface area (Å²) in [4.78, 5) is 24.2. The second kappa shape index (κ2) is 7.04. The van der Waals surface area contributed by atoms with Crippen LogP contribution in [0.5, 0.6) is 0 Å². The normalized spacial score (nSPS) is 14.8. The van der Waals surface area contributed by atoms with Gasteiger partial charge in [0.15, 0.2) is 0 Å². The number of rotatable bonds is 6. The van der Waals surface area contributed by atoms with Crippen molar-refractivity contribution in [2.45, 2.75) is 52.6 Å². The second-order valence-corrected chi connectivity index (χ2v) is 4.00. The molecule has 0 aromatic rings. The van der Waals surface area contributed by atoms with E-state index in [1.165, 1.54) is 6.08 Å². The van der Waals surface area contributed by atoms with Crippen LogP contribution in [0, 0.1) is 0 Å². The standard InChI is InChI=1S/C12H22N2O2/c1-5-9(3)14(10(4)6-2)12(16)8-7-11(13)15/h7-10H,5-6H2,1-4H3,(H2,13,15). The lowest BCUT2D eigenvalue weighted by Gasteiger charge is -2.33. The van der Waals surface area contributed by atoms with Crippen LogP contribution in [-0.4, -0.2) is 28.8 Å². The van der Waals surface area contributed by atoms with Crippen molar-refractivity contribution in [1.29, 1.82) is 0 Å². The number of amides is 2. The Hall–Kier alpha value is -1.32. The van der Waals surface area contributed by atoms with Crippen LogP contribution in [0.25, 0.3) is 0 Å². The number of carbonyl (C=O) groups is 2. The summed E-state index contributed by atoms with van der Waals surface area (Å²) in [5, 5.41) is 0. The predicted molar refractivity (Wildman–Crippen MR) is 64.7 cm³/mol. The smallest absolute Gasteiger partial charge is 0.247 e. The molecule has 2 unspecified atom stereocenters. The molecule has 0 bridgehead atoms. The third kappa shape index (κ3) is 4.47. The molecule has 4 nitrogen and oxygen atoms in total. The Labute approximate surface area is 97.5 Å². The van der Waals surface area contributed by atoms with E-state index in [9.17, 15) is 9.59 Å². The average molecular weight is 226 g/mol. The molecule has 0 fully saturated rings. The van der Waals surface area contributed by atoms with E-state index in [1.54, 1.807) is 4.90 Å². The van der Waals surface area contributed by atoms with Crippen molar-refractivity contribution >= 4 is 11.8 Å². The highest BCUT2D eigenvalue weighted by Crippen LogP contribution is 2.12. The molecule has 0 aliphatic heterocycles. The minimum Gasteiger partial charge on any atom is -0.366 e. The Bertz CT molecular complexity index is 264. The minimum atomic E-state index is -0.596. The highest BCUT2D eigenvalue weighted by atomic mass is 16.2. The summed E-state index contributed by atoms with van der Waals surface area (Å²) in [6, 6.07) is 0.333. The van der Waals surface area contributed by atoms with Gasteiger partial charge in [0.2, 0.25) is 11.8 Å². The molecule has 0 aliphatic rings. The summed E-state index contributed by atoms with van der Waals surface area (Å²) in [6.45, 7) is 8.07. The quantitative estimate of drug-likeness (QED) is 0.697. The Morgan fingerprint density at radius 3 is 1.88 bits per heavy atom. The molecular weight excluding hydrogens is 204 g/mol. The van der Waals surface area contributed by atoms with E-state index in [-0.39, 0.29) is 18.0 Å². The first-order chi connectivity index (χ1) is 7.43. The number of carbonyl (C=O) groups excluding carboxylic acids is 2. The van der Waals surface area contributed by atoms with Crippen molar-refractivity contribution < 1.29 is 9.59 Å². The van der Waals surface area contributed by atoms with Crippen LogP contribution in [0.3, 0.4) is 0 Å². The molecule has 2 N–H and O–H groups in total. The molecule has 92 valence electrons. The monoisotopic (exact) mass is 226 g/mol. The molecule has 0 heterocycles. The number of nitrogens with two attached hydrogens (primary N) is 1. The summed E-state index contributed by atoms with van der Waals surface area (Å²) >= 11 is 0. The van der Waals surface area contributed by atoms with Gasteiger partial charge >= 0.3 is 0 Å². The highest BCUT2D eigenvalue weighted by molar-refractivity contribution is 5.96. The van der Waals surface area contributed by atoms with Crippen LogP contribution < -0.4 is 5.73 Å². The first-order valence-electron chi connectivity index (χ1n) is 5.73. The third-order valence-corrected chi connectivity index (χ3v) is 2.78. The van der Waals surface area contributed by atoms with Crippen LogP contribution in [0.1, 0.15) is 40.5 Å². The summed E-state index contributed by atoms with van der Waals surface area (Å²) < 4.78 is 0. The summed E-state index contributed by atoms with van der Waals surface area (Å²) in [5.74, 6) is -0.746. The molecule has 0 saturated heterocycles. The number of hydrogen-bond acceptors (Lipinski definition) is 2. The van der Waals surface area contributed by atoms with Crippen molar-refractivity contribution in [3.8, 4) is 0 Å². The molecule has 2 amide bonds. The number of primary amides is 1. The van der Waals surface area contributed by atoms with Gasteiger partial charge in [-0.2, -0.15) is 0 Å². The van der Waals surface area contributed by atoms with Gasteiger partial charge in [-0.3, -0.25) is 9.59 Å². The predicted octanol–water partition coefficient (Wildman–Crippen LogP) is 1.45. The molecule has 2 atom stereocenters. The zero-order valence-corrected chi connectivity index (χ0v) is 10.6. The van der Waals surface area contributed by atoms with Gasteiger partial charge in [0.25, 0.3) is 0 Å². The van der Waals surface area contributed by atoms with E-state index in [1.807, 2.05) is 27.7 Å². The molecule has 16 heavy (non-hydrogen) atoms. The SMILES string of the molecule is CCC(C)N(C(=O)C=CC(N)=O)C(C)CC. The van der Waals surface area contributed by atoms with Crippen molar-refractivity contribution in [2.24, 2.45) is 5.73 Å². The fourth-order valence-electron chi connectivity index (χ4n) is 1.50. The lowest BCUT2D eigenvalue weighted by Crippen LogP contribution is -2.43. The maximum Gasteiger partial charge on any atom is 0.247 e. The molecule has 0 aromatic carbocycles. The first-order valence-corrected chi connectivity index (χ1v) is 5.73. The van der Waals surface area contributed by atoms with Crippen LogP contribution in [0.15, 0.2) is 12.2 Å². The average Bonchev–Trinajstić information content (AvgIpc) is 2.25. The van der Waals surface area contributed by atoms with Gasteiger partial charge in [-0.25, -0.2) is 0 Å². The second-order valence-electron chi connectivity index (χ2n) is 4.00. The minimum absolute atomic E-state index is 0.150. The van der Waals surface area contributed by atoms with Crippen LogP contribution in [0.4, 0.5) is 0 Å². The third-order valence-electron chi connectivity index (χ3n) is 2.78. The van der Waals surface area contributed by atoms with Gasteiger partial charge in [-0.1, -0.05) is 13.8 Å². The first kappa shape index (κ1) is 14.7. The molecule has 0 radical (unpaired) electrons. The number of nitrogens with zero attached hydrogens (tertiary/aromatic N) is 1. The van der Waals surface area contributed by atoms with Gasteiger partial charge in [-0.15, -0.1) is 0 Å². The maximum absolute atomic E-state index is 11.9. The van der Waals surface area contributed by atoms with E-state index >= 15 is 0 Å². The Balaban J connectivity index is 4.76. The van der Waals surface area contributed by atoms with Crippen LogP contribution in [-0.2, 0) is 9.59 Å². The van der Waals surface area contributed by atoms with E-state index in [0.29, 0.717) is 0 Å². The zero-order chi connectivity index (χ0) is 12.7. The fraction of sp³-hybridized carbons (Fsp3) is 0.667. The summed E-state index contributed by atoms with van der Waals surface area (Å²) in [5.41, 5.74) is 4.96. The Kier molecular flexibility index (Phi) is 6.46. The molecule has 4 heteroatoms. The van der Waals surface area contributed by atoms with Gasteiger partial charge in [-0.05, 0) is 26.7 Å². The molecule has 0 spiro atoms. The van der Waals surface area contributed by atoms with Gasteiger partial charge in [0.1, 0.15) is 0 Å². The van der Waals surface area contributed by atoms with Gasteiger partial charge < -0.3 is 10.6 Å². The Morgan fingerprint density at radius 1 is 1.12 bits per heavy atom. The maximum atomic E-state index is 11.9. The van der Waals surface area contributed by atoms with Crippen LogP contribution in [0.2, 0.25) is 0 Å². The van der Waals surface area contributed by atoms with Crippen molar-refractivity contribution in [3.05, 3.63) is 12.2 Å². The fourth-order valence-corrected chi connectivity index (χ4v) is 1.50. The van der Waals surface area contributed by atoms with Crippen molar-refractivity contribution in [2.75, 3.05) is 0 Å². The zero-order valence-electron chi connectivity index (χ0n) is 10.6. The lowest BCUT2D eigenvalue weighted by atomic mass is 10.1. The molecular formula is C12H22N2O2. The van der Waals surface area contributed by atoms with Crippen molar-refractivity contribution in [1.82, 2.24) is 4.90 Å². The topological polar surface area (TPSA) is 63.4 Å². The molecule has 0 rings (SSSR count). The van der Waals surface area contributed by atoms with E-state index in [0.717, 1.165) is 18.9 Å². The van der Waals surface area contributed by atoms with Crippen LogP contribution >= 0.6 is 0 Å². The lowest BCUT2D eigenvalue weighted by molar-refractivity contribution is -0.130. The van der Waals surface area contributed by atoms with E-state index in [2.05, 4.69) is 0 Å². The van der Waals surface area contributed by atoms with Gasteiger partial charge in [0, 0.05) is 24.2 Å². The molecule has 0 aliphatic carbocycles. The molecule has 0 saturated carbocycles. The number of hydrogen-bond donors (Lipinski definition) is 1. The van der Waals surface area contributed by atoms with E-state index < -0.39 is 5.91 Å². The van der Waals surface area contributed by atoms with Gasteiger partial charge in [0.05, 0.1) is 0 Å². The van der Waals surface area contributed by atoms with E-state index in [4.69, 9.17) is 5.73 Å². The Morgan fingerprint density at radius 2 is 1.56 bits per heavy atom. The summed E-state index contributed by atoms with van der Waals surface area (Å²) in [6.07, 6.45) is 4.14. The largest absolute Gasteiger partial charge is 0.366 e. The molecule has 0 aromatic heterocycles.